The predicted molar refractivity (Wildman–Crippen MR) is 89.3 cm³/mol. The lowest BCUT2D eigenvalue weighted by Gasteiger charge is -2.34. The molecule has 0 radical (unpaired) electrons. The van der Waals surface area contributed by atoms with Crippen molar-refractivity contribution in [3.63, 3.8) is 0 Å². The molecule has 1 fully saturated rings. The highest BCUT2D eigenvalue weighted by atomic mass is 16.6. The van der Waals surface area contributed by atoms with Crippen molar-refractivity contribution in [2.45, 2.75) is 6.54 Å². The fourth-order valence-corrected chi connectivity index (χ4v) is 2.90. The summed E-state index contributed by atoms with van der Waals surface area (Å²) in [6, 6.07) is 11.9. The van der Waals surface area contributed by atoms with Gasteiger partial charge in [0.05, 0.1) is 0 Å². The number of aromatic nitrogens is 4. The van der Waals surface area contributed by atoms with E-state index in [0.717, 1.165) is 55.6 Å². The number of hydrogen-bond acceptors (Lipinski definition) is 7. The maximum atomic E-state index is 4.97. The molecule has 24 heavy (non-hydrogen) atoms. The molecule has 1 aromatic carbocycles. The van der Waals surface area contributed by atoms with Gasteiger partial charge >= 0.3 is 0 Å². The van der Waals surface area contributed by atoms with E-state index < -0.39 is 0 Å². The molecule has 0 amide bonds. The summed E-state index contributed by atoms with van der Waals surface area (Å²) in [7, 11) is 0. The molecule has 1 saturated heterocycles. The first-order valence-electron chi connectivity index (χ1n) is 8.01. The van der Waals surface area contributed by atoms with E-state index in [1.54, 1.807) is 12.4 Å². The highest BCUT2D eigenvalue weighted by Gasteiger charge is 2.21. The third kappa shape index (κ3) is 3.11. The van der Waals surface area contributed by atoms with Crippen LogP contribution in [-0.2, 0) is 6.54 Å². The van der Waals surface area contributed by atoms with Gasteiger partial charge in [0.1, 0.15) is 11.4 Å². The summed E-state index contributed by atoms with van der Waals surface area (Å²) >= 11 is 0. The predicted octanol–water partition coefficient (Wildman–Crippen LogP) is 1.85. The van der Waals surface area contributed by atoms with Gasteiger partial charge in [-0.2, -0.15) is 0 Å². The van der Waals surface area contributed by atoms with E-state index in [9.17, 15) is 0 Å². The normalized spacial score (nSPS) is 15.6. The van der Waals surface area contributed by atoms with Gasteiger partial charge in [-0.05, 0) is 11.2 Å². The Morgan fingerprint density at radius 2 is 1.62 bits per heavy atom. The van der Waals surface area contributed by atoms with Crippen molar-refractivity contribution >= 4 is 5.95 Å². The molecule has 3 heterocycles. The summed E-state index contributed by atoms with van der Waals surface area (Å²) in [6.07, 6.45) is 3.56. The van der Waals surface area contributed by atoms with Gasteiger partial charge in [-0.1, -0.05) is 35.5 Å². The van der Waals surface area contributed by atoms with Gasteiger partial charge in [0.15, 0.2) is 0 Å². The van der Waals surface area contributed by atoms with Crippen molar-refractivity contribution in [2.24, 2.45) is 0 Å². The molecular formula is C17H18N6O. The zero-order valence-electron chi connectivity index (χ0n) is 13.2. The molecule has 0 N–H and O–H groups in total. The first kappa shape index (κ1) is 14.8. The van der Waals surface area contributed by atoms with E-state index >= 15 is 0 Å². The van der Waals surface area contributed by atoms with E-state index in [4.69, 9.17) is 4.63 Å². The number of anilines is 1. The third-order valence-corrected chi connectivity index (χ3v) is 4.18. The Morgan fingerprint density at radius 3 is 2.38 bits per heavy atom. The maximum Gasteiger partial charge on any atom is 0.225 e. The largest absolute Gasteiger partial charge is 0.338 e. The van der Waals surface area contributed by atoms with Crippen molar-refractivity contribution in [1.82, 2.24) is 25.2 Å². The molecule has 0 atom stereocenters. The quantitative estimate of drug-likeness (QED) is 0.726. The Morgan fingerprint density at radius 1 is 0.875 bits per heavy atom. The molecule has 0 unspecified atom stereocenters. The van der Waals surface area contributed by atoms with Crippen molar-refractivity contribution in [3.8, 4) is 11.3 Å². The van der Waals surface area contributed by atoms with E-state index in [0.29, 0.717) is 0 Å². The van der Waals surface area contributed by atoms with Crippen molar-refractivity contribution < 1.29 is 4.63 Å². The molecule has 1 aliphatic rings. The monoisotopic (exact) mass is 322 g/mol. The average Bonchev–Trinajstić information content (AvgIpc) is 3.12. The smallest absolute Gasteiger partial charge is 0.225 e. The van der Waals surface area contributed by atoms with Crippen LogP contribution >= 0.6 is 0 Å². The lowest BCUT2D eigenvalue weighted by atomic mass is 10.1. The number of rotatable bonds is 4. The zero-order chi connectivity index (χ0) is 16.2. The van der Waals surface area contributed by atoms with Crippen molar-refractivity contribution in [1.29, 1.82) is 0 Å². The maximum absolute atomic E-state index is 4.97. The molecule has 1 aliphatic heterocycles. The molecule has 2 aromatic heterocycles. The van der Waals surface area contributed by atoms with Crippen LogP contribution in [0.4, 0.5) is 5.95 Å². The zero-order valence-corrected chi connectivity index (χ0v) is 13.2. The third-order valence-electron chi connectivity index (χ3n) is 4.18. The Labute approximate surface area is 139 Å². The minimum atomic E-state index is 0.733. The van der Waals surface area contributed by atoms with Crippen LogP contribution in [0.5, 0.6) is 0 Å². The molecule has 0 saturated carbocycles. The van der Waals surface area contributed by atoms with Crippen LogP contribution in [0.25, 0.3) is 11.3 Å². The average molecular weight is 322 g/mol. The molecule has 3 aromatic rings. The van der Waals surface area contributed by atoms with Gasteiger partial charge in [-0.25, -0.2) is 14.6 Å². The summed E-state index contributed by atoms with van der Waals surface area (Å²) in [6.45, 7) is 4.39. The van der Waals surface area contributed by atoms with Crippen LogP contribution in [0.2, 0.25) is 0 Å². The standard InChI is InChI=1S/C17H18N6O/c1-2-5-14(6-3-1)16-15(20-24-21-16)13-22-9-11-23(12-10-22)17-18-7-4-8-19-17/h1-8H,9-13H2. The fourth-order valence-electron chi connectivity index (χ4n) is 2.90. The molecule has 7 heteroatoms. The SMILES string of the molecule is c1ccc(-c2nonc2CN2CCN(c3ncccn3)CC2)cc1. The summed E-state index contributed by atoms with van der Waals surface area (Å²) in [5, 5.41) is 8.17. The minimum Gasteiger partial charge on any atom is -0.338 e. The first-order valence-corrected chi connectivity index (χ1v) is 8.01. The molecule has 7 nitrogen and oxygen atoms in total. The van der Waals surface area contributed by atoms with Crippen molar-refractivity contribution in [2.75, 3.05) is 31.1 Å². The van der Waals surface area contributed by atoms with Gasteiger partial charge in [0.2, 0.25) is 5.95 Å². The second-order valence-electron chi connectivity index (χ2n) is 5.74. The van der Waals surface area contributed by atoms with Crippen LogP contribution in [0.15, 0.2) is 53.4 Å². The lowest BCUT2D eigenvalue weighted by molar-refractivity contribution is 0.236. The molecule has 0 bridgehead atoms. The van der Waals surface area contributed by atoms with E-state index in [-0.39, 0.29) is 0 Å². The topological polar surface area (TPSA) is 71.2 Å². The van der Waals surface area contributed by atoms with Gasteiger partial charge in [0, 0.05) is 50.7 Å². The Hall–Kier alpha value is -2.80. The Kier molecular flexibility index (Phi) is 4.16. The number of piperazine rings is 1. The van der Waals surface area contributed by atoms with Gasteiger partial charge in [-0.3, -0.25) is 4.90 Å². The van der Waals surface area contributed by atoms with E-state index in [1.165, 1.54) is 0 Å². The fraction of sp³-hybridized carbons (Fsp3) is 0.294. The minimum absolute atomic E-state index is 0.733. The highest BCUT2D eigenvalue weighted by Crippen LogP contribution is 2.21. The van der Waals surface area contributed by atoms with Crippen LogP contribution in [0.1, 0.15) is 5.69 Å². The van der Waals surface area contributed by atoms with Gasteiger partial charge < -0.3 is 4.90 Å². The second-order valence-corrected chi connectivity index (χ2v) is 5.74. The Bertz CT molecular complexity index is 768. The summed E-state index contributed by atoms with van der Waals surface area (Å²) in [4.78, 5) is 13.2. The van der Waals surface area contributed by atoms with Crippen LogP contribution in [-0.4, -0.2) is 51.4 Å². The van der Waals surface area contributed by atoms with Gasteiger partial charge in [-0.15, -0.1) is 0 Å². The number of benzene rings is 1. The first-order chi connectivity index (χ1) is 11.9. The lowest BCUT2D eigenvalue weighted by Crippen LogP contribution is -2.46. The number of nitrogens with zero attached hydrogens (tertiary/aromatic N) is 6. The molecule has 122 valence electrons. The molecule has 4 rings (SSSR count). The van der Waals surface area contributed by atoms with E-state index in [1.807, 2.05) is 36.4 Å². The second kappa shape index (κ2) is 6.76. The summed E-state index contributed by atoms with van der Waals surface area (Å²) in [5.74, 6) is 0.797. The molecule has 0 aliphatic carbocycles. The summed E-state index contributed by atoms with van der Waals surface area (Å²) in [5.41, 5.74) is 2.74. The highest BCUT2D eigenvalue weighted by molar-refractivity contribution is 5.60. The van der Waals surface area contributed by atoms with Gasteiger partial charge in [0.25, 0.3) is 0 Å². The molecular weight excluding hydrogens is 304 g/mol. The summed E-state index contributed by atoms with van der Waals surface area (Å²) < 4.78 is 4.97. The van der Waals surface area contributed by atoms with Crippen LogP contribution in [0.3, 0.4) is 0 Å². The number of hydrogen-bond donors (Lipinski definition) is 0. The molecule has 0 spiro atoms. The van der Waals surface area contributed by atoms with E-state index in [2.05, 4.69) is 30.1 Å². The Balaban J connectivity index is 1.41. The van der Waals surface area contributed by atoms with Crippen LogP contribution < -0.4 is 4.90 Å². The van der Waals surface area contributed by atoms with Crippen LogP contribution in [0, 0.1) is 0 Å². The van der Waals surface area contributed by atoms with Crippen molar-refractivity contribution in [3.05, 3.63) is 54.5 Å².